The third-order valence-electron chi connectivity index (χ3n) is 3.65. The third-order valence-corrected chi connectivity index (χ3v) is 3.65. The summed E-state index contributed by atoms with van der Waals surface area (Å²) in [4.78, 5) is 14.2. The van der Waals surface area contributed by atoms with Crippen molar-refractivity contribution in [2.45, 2.75) is 19.3 Å². The number of anilines is 2. The van der Waals surface area contributed by atoms with E-state index in [9.17, 15) is 10.1 Å². The Balaban J connectivity index is 0.00000192. The molecule has 1 aromatic carbocycles. The van der Waals surface area contributed by atoms with Crippen LogP contribution in [0.3, 0.4) is 0 Å². The van der Waals surface area contributed by atoms with Crippen LogP contribution in [0.5, 0.6) is 0 Å². The van der Waals surface area contributed by atoms with Gasteiger partial charge in [-0.2, -0.15) is 10.5 Å². The fourth-order valence-electron chi connectivity index (χ4n) is 2.60. The van der Waals surface area contributed by atoms with Gasteiger partial charge in [0.25, 0.3) is 11.7 Å². The molecule has 1 fully saturated rings. The third kappa shape index (κ3) is 3.88. The van der Waals surface area contributed by atoms with E-state index >= 15 is 0 Å². The van der Waals surface area contributed by atoms with Gasteiger partial charge in [0, 0.05) is 13.1 Å². The summed E-state index contributed by atoms with van der Waals surface area (Å²) >= 11 is 0. The standard InChI is InChI=1S/C14H15N7O.Na/c15-9-10-11(16-14(22)13-17-19-20-18-13)5-4-6-12(10)21-7-2-1-3-8-21;/h4-6H,1-3,7-8H2,(H,16,22)(H,17,18,19,20);/q;+1. The van der Waals surface area contributed by atoms with Crippen LogP contribution in [0.2, 0.25) is 0 Å². The molecule has 1 amide bonds. The van der Waals surface area contributed by atoms with Crippen LogP contribution >= 0.6 is 0 Å². The van der Waals surface area contributed by atoms with Crippen molar-refractivity contribution in [3.63, 3.8) is 0 Å². The second kappa shape index (κ2) is 8.06. The zero-order valence-electron chi connectivity index (χ0n) is 12.9. The summed E-state index contributed by atoms with van der Waals surface area (Å²) in [6.07, 6.45) is 3.45. The molecule has 23 heavy (non-hydrogen) atoms. The number of hydrogen-bond acceptors (Lipinski definition) is 6. The molecule has 2 aromatic rings. The summed E-state index contributed by atoms with van der Waals surface area (Å²) in [5.74, 6) is -0.562. The predicted molar refractivity (Wildman–Crippen MR) is 79.4 cm³/mol. The number of aromatic amines is 1. The molecule has 2 heterocycles. The van der Waals surface area contributed by atoms with Crippen molar-refractivity contribution in [2.24, 2.45) is 0 Å². The van der Waals surface area contributed by atoms with Crippen LogP contribution in [0.4, 0.5) is 11.4 Å². The Morgan fingerprint density at radius 2 is 2.09 bits per heavy atom. The fraction of sp³-hybridized carbons (Fsp3) is 0.357. The van der Waals surface area contributed by atoms with Crippen molar-refractivity contribution in [3.05, 3.63) is 29.6 Å². The zero-order chi connectivity index (χ0) is 15.4. The molecule has 0 bridgehead atoms. The molecule has 1 saturated heterocycles. The quantitative estimate of drug-likeness (QED) is 0.654. The maximum absolute atomic E-state index is 12.0. The van der Waals surface area contributed by atoms with E-state index < -0.39 is 5.91 Å². The van der Waals surface area contributed by atoms with Crippen LogP contribution in [0.15, 0.2) is 18.2 Å². The van der Waals surface area contributed by atoms with Gasteiger partial charge >= 0.3 is 29.6 Å². The molecule has 1 aliphatic rings. The molecule has 9 heteroatoms. The minimum absolute atomic E-state index is 0. The van der Waals surface area contributed by atoms with Crippen molar-refractivity contribution in [3.8, 4) is 6.07 Å². The first-order chi connectivity index (χ1) is 10.8. The Morgan fingerprint density at radius 1 is 1.30 bits per heavy atom. The van der Waals surface area contributed by atoms with E-state index in [0.29, 0.717) is 11.3 Å². The van der Waals surface area contributed by atoms with Gasteiger partial charge in [0.15, 0.2) is 0 Å². The van der Waals surface area contributed by atoms with Crippen molar-refractivity contribution in [2.75, 3.05) is 23.3 Å². The number of amides is 1. The Labute approximate surface area is 155 Å². The molecular weight excluding hydrogens is 305 g/mol. The molecule has 8 nitrogen and oxygen atoms in total. The predicted octanol–water partition coefficient (Wildman–Crippen LogP) is -1.68. The largest absolute Gasteiger partial charge is 1.00 e. The van der Waals surface area contributed by atoms with Crippen LogP contribution in [-0.2, 0) is 0 Å². The topological polar surface area (TPSA) is 111 Å². The van der Waals surface area contributed by atoms with Crippen molar-refractivity contribution >= 4 is 17.3 Å². The van der Waals surface area contributed by atoms with Crippen LogP contribution in [0.25, 0.3) is 0 Å². The summed E-state index contributed by atoms with van der Waals surface area (Å²) < 4.78 is 0. The molecule has 2 N–H and O–H groups in total. The first-order valence-electron chi connectivity index (χ1n) is 7.12. The van der Waals surface area contributed by atoms with Gasteiger partial charge in [0.05, 0.1) is 16.9 Å². The molecule has 112 valence electrons. The molecule has 1 aliphatic heterocycles. The Hall–Kier alpha value is -1.95. The average molecular weight is 320 g/mol. The van der Waals surface area contributed by atoms with Crippen LogP contribution in [-0.4, -0.2) is 39.6 Å². The van der Waals surface area contributed by atoms with Gasteiger partial charge in [0.1, 0.15) is 6.07 Å². The maximum Gasteiger partial charge on any atom is 1.00 e. The minimum atomic E-state index is -0.499. The van der Waals surface area contributed by atoms with E-state index in [4.69, 9.17) is 0 Å². The molecule has 0 saturated carbocycles. The van der Waals surface area contributed by atoms with Gasteiger partial charge < -0.3 is 10.2 Å². The Bertz CT molecular complexity index is 704. The van der Waals surface area contributed by atoms with Gasteiger partial charge in [-0.3, -0.25) is 4.79 Å². The fourth-order valence-corrected chi connectivity index (χ4v) is 2.60. The maximum atomic E-state index is 12.0. The van der Waals surface area contributed by atoms with E-state index in [0.717, 1.165) is 31.6 Å². The second-order valence-corrected chi connectivity index (χ2v) is 5.05. The monoisotopic (exact) mass is 320 g/mol. The van der Waals surface area contributed by atoms with E-state index in [1.54, 1.807) is 6.07 Å². The Morgan fingerprint density at radius 3 is 2.74 bits per heavy atom. The summed E-state index contributed by atoms with van der Waals surface area (Å²) in [5.41, 5.74) is 1.77. The Kier molecular flexibility index (Phi) is 6.10. The van der Waals surface area contributed by atoms with E-state index in [-0.39, 0.29) is 35.4 Å². The molecule has 0 aliphatic carbocycles. The zero-order valence-corrected chi connectivity index (χ0v) is 14.9. The van der Waals surface area contributed by atoms with Gasteiger partial charge in [-0.05, 0) is 36.6 Å². The normalized spacial score (nSPS) is 13.8. The van der Waals surface area contributed by atoms with Gasteiger partial charge in [-0.15, -0.1) is 10.2 Å². The molecule has 0 spiro atoms. The van der Waals surface area contributed by atoms with Crippen molar-refractivity contribution < 1.29 is 34.4 Å². The molecule has 1 aromatic heterocycles. The number of carbonyl (C=O) groups excluding carboxylic acids is 1. The summed E-state index contributed by atoms with van der Waals surface area (Å²) in [6, 6.07) is 7.63. The summed E-state index contributed by atoms with van der Waals surface area (Å²) in [6.45, 7) is 1.86. The van der Waals surface area contributed by atoms with Crippen molar-refractivity contribution in [1.82, 2.24) is 20.6 Å². The van der Waals surface area contributed by atoms with Crippen LogP contribution < -0.4 is 39.8 Å². The number of nitrogens with zero attached hydrogens (tertiary/aromatic N) is 5. The smallest absolute Gasteiger partial charge is 0.370 e. The molecule has 0 atom stereocenters. The number of H-pyrrole nitrogens is 1. The number of tetrazole rings is 1. The molecular formula is C14H15N7NaO+. The number of aromatic nitrogens is 4. The van der Waals surface area contributed by atoms with Gasteiger partial charge in [0.2, 0.25) is 0 Å². The van der Waals surface area contributed by atoms with Gasteiger partial charge in [-0.25, -0.2) is 0 Å². The van der Waals surface area contributed by atoms with Gasteiger partial charge in [-0.1, -0.05) is 6.07 Å². The number of nitriles is 1. The average Bonchev–Trinajstić information content (AvgIpc) is 3.10. The molecule has 0 unspecified atom stereocenters. The molecule has 0 radical (unpaired) electrons. The number of piperidine rings is 1. The van der Waals surface area contributed by atoms with Crippen LogP contribution in [0.1, 0.15) is 35.4 Å². The second-order valence-electron chi connectivity index (χ2n) is 5.05. The van der Waals surface area contributed by atoms with Crippen LogP contribution in [0, 0.1) is 11.3 Å². The van der Waals surface area contributed by atoms with E-state index in [2.05, 4.69) is 36.9 Å². The molecule has 3 rings (SSSR count). The van der Waals surface area contributed by atoms with E-state index in [1.807, 2.05) is 12.1 Å². The summed E-state index contributed by atoms with van der Waals surface area (Å²) in [5, 5.41) is 25.0. The van der Waals surface area contributed by atoms with E-state index in [1.165, 1.54) is 6.42 Å². The summed E-state index contributed by atoms with van der Waals surface area (Å²) in [7, 11) is 0. The number of nitrogens with one attached hydrogen (secondary N) is 2. The first-order valence-corrected chi connectivity index (χ1v) is 7.12. The number of benzene rings is 1. The number of rotatable bonds is 3. The first kappa shape index (κ1) is 17.4. The minimum Gasteiger partial charge on any atom is -0.370 e. The van der Waals surface area contributed by atoms with Crippen molar-refractivity contribution in [1.29, 1.82) is 5.26 Å². The number of hydrogen-bond donors (Lipinski definition) is 2. The number of carbonyl (C=O) groups is 1. The SMILES string of the molecule is N#Cc1c(NC(=O)c2nn[nH]n2)cccc1N1CCCCC1.[Na+].